The molecule has 5 nitrogen and oxygen atoms in total. The van der Waals surface area contributed by atoms with Gasteiger partial charge in [-0.25, -0.2) is 4.79 Å². The van der Waals surface area contributed by atoms with Gasteiger partial charge in [-0.3, -0.25) is 4.79 Å². The van der Waals surface area contributed by atoms with Crippen molar-refractivity contribution in [3.05, 3.63) is 0 Å². The Hall–Kier alpha value is -1.26. The van der Waals surface area contributed by atoms with Crippen molar-refractivity contribution in [1.29, 1.82) is 0 Å². The molecule has 0 bridgehead atoms. The number of carbonyl (C=O) groups is 2. The first kappa shape index (κ1) is 12.8. The van der Waals surface area contributed by atoms with Gasteiger partial charge in [-0.1, -0.05) is 0 Å². The third kappa shape index (κ3) is 3.12. The molecule has 5 heteroatoms. The summed E-state index contributed by atoms with van der Waals surface area (Å²) in [5.41, 5.74) is 0. The summed E-state index contributed by atoms with van der Waals surface area (Å²) in [7, 11) is 0. The number of hydrogen-bond donors (Lipinski definition) is 1. The lowest BCUT2D eigenvalue weighted by Crippen LogP contribution is -2.49. The zero-order chi connectivity index (χ0) is 12.3. The van der Waals surface area contributed by atoms with Gasteiger partial charge in [-0.05, 0) is 33.6 Å². The molecule has 0 aliphatic heterocycles. The van der Waals surface area contributed by atoms with Gasteiger partial charge in [-0.2, -0.15) is 0 Å². The number of urea groups is 1. The quantitative estimate of drug-likeness (QED) is 0.773. The van der Waals surface area contributed by atoms with Crippen LogP contribution in [0.15, 0.2) is 0 Å². The summed E-state index contributed by atoms with van der Waals surface area (Å²) < 4.78 is 0. The Kier molecular flexibility index (Phi) is 4.15. The van der Waals surface area contributed by atoms with Gasteiger partial charge in [0.15, 0.2) is 0 Å². The first-order valence-corrected chi connectivity index (χ1v) is 5.76. The SMILES string of the molecule is CCN(C(=O)N(CC(=O)O)C(C)C)C1CC1. The van der Waals surface area contributed by atoms with E-state index in [0.717, 1.165) is 12.8 Å². The topological polar surface area (TPSA) is 60.9 Å². The molecule has 1 N–H and O–H groups in total. The third-order valence-corrected chi connectivity index (χ3v) is 2.75. The number of carbonyl (C=O) groups excluding carboxylic acids is 1. The Bertz CT molecular complexity index is 274. The smallest absolute Gasteiger partial charge is 0.323 e. The van der Waals surface area contributed by atoms with Crippen molar-refractivity contribution in [3.8, 4) is 0 Å². The van der Waals surface area contributed by atoms with E-state index in [0.29, 0.717) is 12.6 Å². The monoisotopic (exact) mass is 228 g/mol. The van der Waals surface area contributed by atoms with Crippen LogP contribution in [0, 0.1) is 0 Å². The van der Waals surface area contributed by atoms with Gasteiger partial charge in [0.1, 0.15) is 6.54 Å². The van der Waals surface area contributed by atoms with Gasteiger partial charge < -0.3 is 14.9 Å². The van der Waals surface area contributed by atoms with Crippen LogP contribution in [0.25, 0.3) is 0 Å². The van der Waals surface area contributed by atoms with Crippen molar-refractivity contribution < 1.29 is 14.7 Å². The summed E-state index contributed by atoms with van der Waals surface area (Å²) in [6, 6.07) is 0.0892. The van der Waals surface area contributed by atoms with Gasteiger partial charge in [-0.15, -0.1) is 0 Å². The average molecular weight is 228 g/mol. The standard InChI is InChI=1S/C11H20N2O3/c1-4-12(9-5-6-9)11(16)13(8(2)3)7-10(14)15/h8-9H,4-7H2,1-3H3,(H,14,15). The predicted octanol–water partition coefficient (Wildman–Crippen LogP) is 1.39. The summed E-state index contributed by atoms with van der Waals surface area (Å²) in [4.78, 5) is 26.0. The molecule has 16 heavy (non-hydrogen) atoms. The molecule has 92 valence electrons. The van der Waals surface area contributed by atoms with E-state index in [4.69, 9.17) is 5.11 Å². The number of carboxylic acid groups (broad SMARTS) is 1. The fourth-order valence-electron chi connectivity index (χ4n) is 1.72. The Morgan fingerprint density at radius 3 is 2.25 bits per heavy atom. The zero-order valence-corrected chi connectivity index (χ0v) is 10.1. The second-order valence-electron chi connectivity index (χ2n) is 4.42. The van der Waals surface area contributed by atoms with Gasteiger partial charge in [0.25, 0.3) is 0 Å². The molecular formula is C11H20N2O3. The molecule has 0 radical (unpaired) electrons. The van der Waals surface area contributed by atoms with Crippen LogP contribution in [0.5, 0.6) is 0 Å². The Morgan fingerprint density at radius 2 is 1.94 bits per heavy atom. The highest BCUT2D eigenvalue weighted by Crippen LogP contribution is 2.27. The maximum absolute atomic E-state index is 12.1. The fraction of sp³-hybridized carbons (Fsp3) is 0.818. The summed E-state index contributed by atoms with van der Waals surface area (Å²) in [5, 5.41) is 8.78. The molecule has 1 rings (SSSR count). The van der Waals surface area contributed by atoms with E-state index >= 15 is 0 Å². The van der Waals surface area contributed by atoms with E-state index < -0.39 is 5.97 Å². The number of nitrogens with zero attached hydrogens (tertiary/aromatic N) is 2. The highest BCUT2D eigenvalue weighted by atomic mass is 16.4. The van der Waals surface area contributed by atoms with Crippen molar-refractivity contribution in [1.82, 2.24) is 9.80 Å². The average Bonchev–Trinajstić information content (AvgIpc) is 2.98. The van der Waals surface area contributed by atoms with Gasteiger partial charge in [0.05, 0.1) is 0 Å². The second kappa shape index (κ2) is 5.18. The number of hydrogen-bond acceptors (Lipinski definition) is 2. The summed E-state index contributed by atoms with van der Waals surface area (Å²) in [6.07, 6.45) is 2.08. The maximum Gasteiger partial charge on any atom is 0.323 e. The lowest BCUT2D eigenvalue weighted by molar-refractivity contribution is -0.138. The first-order chi connectivity index (χ1) is 7.47. The highest BCUT2D eigenvalue weighted by Gasteiger charge is 2.34. The van der Waals surface area contributed by atoms with Crippen molar-refractivity contribution in [2.45, 2.75) is 45.7 Å². The molecule has 0 unspecified atom stereocenters. The van der Waals surface area contributed by atoms with Crippen molar-refractivity contribution in [2.24, 2.45) is 0 Å². The number of amides is 2. The van der Waals surface area contributed by atoms with Crippen molar-refractivity contribution in [2.75, 3.05) is 13.1 Å². The molecule has 0 spiro atoms. The number of aliphatic carboxylic acids is 1. The number of rotatable bonds is 5. The van der Waals surface area contributed by atoms with Crippen molar-refractivity contribution in [3.63, 3.8) is 0 Å². The van der Waals surface area contributed by atoms with E-state index in [-0.39, 0.29) is 18.6 Å². The Labute approximate surface area is 96.0 Å². The minimum atomic E-state index is -0.964. The third-order valence-electron chi connectivity index (χ3n) is 2.75. The molecule has 0 heterocycles. The molecule has 0 saturated heterocycles. The van der Waals surface area contributed by atoms with Crippen LogP contribution < -0.4 is 0 Å². The minimum Gasteiger partial charge on any atom is -0.480 e. The molecule has 2 amide bonds. The van der Waals surface area contributed by atoms with E-state index in [9.17, 15) is 9.59 Å². The lowest BCUT2D eigenvalue weighted by atomic mass is 10.3. The van der Waals surface area contributed by atoms with E-state index in [2.05, 4.69) is 0 Å². The number of carboxylic acids is 1. The van der Waals surface area contributed by atoms with Crippen molar-refractivity contribution >= 4 is 12.0 Å². The van der Waals surface area contributed by atoms with E-state index in [1.165, 1.54) is 4.90 Å². The lowest BCUT2D eigenvalue weighted by Gasteiger charge is -2.31. The van der Waals surface area contributed by atoms with Crippen LogP contribution in [0.4, 0.5) is 4.79 Å². The minimum absolute atomic E-state index is 0.0867. The fourth-order valence-corrected chi connectivity index (χ4v) is 1.72. The Balaban J connectivity index is 2.68. The van der Waals surface area contributed by atoms with Crippen LogP contribution in [0.2, 0.25) is 0 Å². The van der Waals surface area contributed by atoms with Gasteiger partial charge >= 0.3 is 12.0 Å². The van der Waals surface area contributed by atoms with E-state index in [1.807, 2.05) is 20.8 Å². The maximum atomic E-state index is 12.1. The van der Waals surface area contributed by atoms with Crippen LogP contribution in [0.1, 0.15) is 33.6 Å². The Morgan fingerprint density at radius 1 is 1.38 bits per heavy atom. The largest absolute Gasteiger partial charge is 0.480 e. The second-order valence-corrected chi connectivity index (χ2v) is 4.42. The van der Waals surface area contributed by atoms with E-state index in [1.54, 1.807) is 4.90 Å². The van der Waals surface area contributed by atoms with Gasteiger partial charge in [0.2, 0.25) is 0 Å². The molecule has 1 saturated carbocycles. The summed E-state index contributed by atoms with van der Waals surface area (Å²) in [5.74, 6) is -0.964. The predicted molar refractivity (Wildman–Crippen MR) is 60.3 cm³/mol. The normalized spacial score (nSPS) is 15.0. The van der Waals surface area contributed by atoms with Crippen LogP contribution in [0.3, 0.4) is 0 Å². The molecule has 0 aromatic heterocycles. The molecule has 0 atom stereocenters. The van der Waals surface area contributed by atoms with Gasteiger partial charge in [0, 0.05) is 18.6 Å². The summed E-state index contributed by atoms with van der Waals surface area (Å²) >= 11 is 0. The molecular weight excluding hydrogens is 208 g/mol. The zero-order valence-electron chi connectivity index (χ0n) is 10.1. The highest BCUT2D eigenvalue weighted by molar-refractivity contribution is 5.80. The van der Waals surface area contributed by atoms with Crippen LogP contribution in [-0.4, -0.2) is 52.1 Å². The summed E-state index contributed by atoms with van der Waals surface area (Å²) in [6.45, 7) is 6.02. The molecule has 0 aromatic carbocycles. The molecule has 0 aromatic rings. The first-order valence-electron chi connectivity index (χ1n) is 5.76. The van der Waals surface area contributed by atoms with Crippen LogP contribution in [-0.2, 0) is 4.79 Å². The molecule has 1 aliphatic carbocycles. The van der Waals surface area contributed by atoms with Crippen LogP contribution >= 0.6 is 0 Å². The molecule has 1 aliphatic rings. The molecule has 1 fully saturated rings.